The van der Waals surface area contributed by atoms with Gasteiger partial charge in [-0.15, -0.1) is 0 Å². The molecule has 2 heteroatoms. The van der Waals surface area contributed by atoms with Crippen molar-refractivity contribution in [1.82, 2.24) is 4.90 Å². The van der Waals surface area contributed by atoms with Crippen molar-refractivity contribution in [3.63, 3.8) is 0 Å². The molecule has 0 bridgehead atoms. The van der Waals surface area contributed by atoms with Crippen molar-refractivity contribution in [2.45, 2.75) is 13.3 Å². The van der Waals surface area contributed by atoms with Crippen LogP contribution in [-0.4, -0.2) is 32.6 Å². The Labute approximate surface area is 52.7 Å². The minimum atomic E-state index is 0.819. The molecule has 0 heterocycles. The maximum Gasteiger partial charge on any atom is -0.00799 e. The van der Waals surface area contributed by atoms with Gasteiger partial charge in [0.25, 0.3) is 0 Å². The summed E-state index contributed by atoms with van der Waals surface area (Å²) in [5.41, 5.74) is 5.03. The Morgan fingerprint density at radius 2 is 1.38 bits per heavy atom. The molecule has 2 N–H and O–H groups in total. The van der Waals surface area contributed by atoms with Crippen molar-refractivity contribution in [2.75, 3.05) is 27.7 Å². The largest absolute Gasteiger partial charge is 0.330 e. The number of hydrogen-bond donors (Lipinski definition) is 1. The summed E-state index contributed by atoms with van der Waals surface area (Å²) in [4.78, 5) is 2.00. The molecule has 52 valence electrons. The first-order valence-electron chi connectivity index (χ1n) is 2.96. The first kappa shape index (κ1) is 10.8. The Bertz CT molecular complexity index is 23.0. The summed E-state index contributed by atoms with van der Waals surface area (Å²) in [5, 5.41) is 0. The molecule has 0 saturated heterocycles. The molecule has 0 fully saturated rings. The van der Waals surface area contributed by atoms with E-state index < -0.39 is 0 Å². The summed E-state index contributed by atoms with van der Waals surface area (Å²) in [5.74, 6) is 0. The van der Waals surface area contributed by atoms with Gasteiger partial charge in [-0.25, -0.2) is 0 Å². The van der Waals surface area contributed by atoms with Gasteiger partial charge < -0.3 is 10.6 Å². The van der Waals surface area contributed by atoms with E-state index >= 15 is 0 Å². The number of nitrogens with zero attached hydrogens (tertiary/aromatic N) is 1. The minimum absolute atomic E-state index is 0.819. The molecule has 0 aliphatic heterocycles. The van der Waals surface area contributed by atoms with Gasteiger partial charge in [0.15, 0.2) is 0 Å². The highest BCUT2D eigenvalue weighted by Gasteiger charge is 1.58. The zero-order valence-corrected chi connectivity index (χ0v) is 6.44. The Morgan fingerprint density at radius 1 is 1.25 bits per heavy atom. The smallest absolute Gasteiger partial charge is 0.00799 e. The Balaban J connectivity index is 0. The van der Waals surface area contributed by atoms with Crippen LogP contribution in [0.25, 0.3) is 0 Å². The summed E-state index contributed by atoms with van der Waals surface area (Å²) < 4.78 is 0. The summed E-state index contributed by atoms with van der Waals surface area (Å²) in [6, 6.07) is 0. The van der Waals surface area contributed by atoms with Crippen molar-refractivity contribution in [1.29, 1.82) is 0 Å². The van der Waals surface area contributed by atoms with Crippen molar-refractivity contribution in [2.24, 2.45) is 5.73 Å². The summed E-state index contributed by atoms with van der Waals surface area (Å²) in [6.45, 7) is 2.88. The monoisotopic (exact) mass is 118 g/mol. The zero-order valence-electron chi connectivity index (χ0n) is 6.44. The van der Waals surface area contributed by atoms with Crippen molar-refractivity contribution in [3.8, 4) is 0 Å². The second-order valence-corrected chi connectivity index (χ2v) is 2.13. The van der Waals surface area contributed by atoms with Crippen molar-refractivity contribution < 1.29 is 0 Å². The van der Waals surface area contributed by atoms with Gasteiger partial charge in [-0.1, -0.05) is 6.92 Å². The van der Waals surface area contributed by atoms with E-state index in [4.69, 9.17) is 5.73 Å². The number of hydrogen-bond acceptors (Lipinski definition) is 2. The molecule has 0 aliphatic carbocycles. The molecule has 0 rings (SSSR count). The average Bonchev–Trinajstić information content (AvgIpc) is 1.65. The molecule has 0 aliphatic rings. The quantitative estimate of drug-likeness (QED) is 0.544. The molecule has 0 radical (unpaired) electrons. The molecular formula is C6H18N2. The molecule has 0 saturated carbocycles. The second-order valence-electron chi connectivity index (χ2n) is 2.13. The van der Waals surface area contributed by atoms with Crippen LogP contribution in [-0.2, 0) is 0 Å². The number of rotatable bonds is 1. The summed E-state index contributed by atoms with van der Waals surface area (Å²) in [7, 11) is 6.00. The third kappa shape index (κ3) is 169. The van der Waals surface area contributed by atoms with E-state index in [2.05, 4.69) is 6.92 Å². The first-order valence-corrected chi connectivity index (χ1v) is 2.96. The van der Waals surface area contributed by atoms with E-state index in [-0.39, 0.29) is 0 Å². The normalized spacial score (nSPS) is 8.25. The van der Waals surface area contributed by atoms with Gasteiger partial charge >= 0.3 is 0 Å². The van der Waals surface area contributed by atoms with Gasteiger partial charge in [0.2, 0.25) is 0 Å². The van der Waals surface area contributed by atoms with Gasteiger partial charge in [-0.05, 0) is 34.1 Å². The average molecular weight is 118 g/mol. The minimum Gasteiger partial charge on any atom is -0.330 e. The van der Waals surface area contributed by atoms with Gasteiger partial charge in [-0.2, -0.15) is 0 Å². The predicted octanol–water partition coefficient (Wildman–Crippen LogP) is 0.533. The third-order valence-corrected chi connectivity index (χ3v) is 0.289. The van der Waals surface area contributed by atoms with Gasteiger partial charge in [0, 0.05) is 0 Å². The SMILES string of the molecule is CCCN.CN(C)C. The molecule has 8 heavy (non-hydrogen) atoms. The lowest BCUT2D eigenvalue weighted by Crippen LogP contribution is -1.99. The molecule has 0 spiro atoms. The van der Waals surface area contributed by atoms with E-state index in [9.17, 15) is 0 Å². The molecule has 0 unspecified atom stereocenters. The standard InChI is InChI=1S/2C3H9N/c1-4(2)3;1-2-3-4/h1-3H3;2-4H2,1H3. The summed E-state index contributed by atoms with van der Waals surface area (Å²) >= 11 is 0. The first-order chi connectivity index (χ1) is 3.65. The van der Waals surface area contributed by atoms with Crippen LogP contribution in [0.1, 0.15) is 13.3 Å². The van der Waals surface area contributed by atoms with Crippen LogP contribution < -0.4 is 5.73 Å². The maximum atomic E-state index is 5.03. The topological polar surface area (TPSA) is 29.3 Å². The second kappa shape index (κ2) is 10.0. The van der Waals surface area contributed by atoms with E-state index in [0.29, 0.717) is 0 Å². The predicted molar refractivity (Wildman–Crippen MR) is 39.0 cm³/mol. The van der Waals surface area contributed by atoms with E-state index in [0.717, 1.165) is 13.0 Å². The van der Waals surface area contributed by atoms with Crippen LogP contribution in [0.4, 0.5) is 0 Å². The van der Waals surface area contributed by atoms with Crippen LogP contribution in [0.3, 0.4) is 0 Å². The molecule has 0 aromatic carbocycles. The van der Waals surface area contributed by atoms with Crippen LogP contribution in [0.2, 0.25) is 0 Å². The molecule has 0 atom stereocenters. The van der Waals surface area contributed by atoms with E-state index in [1.165, 1.54) is 0 Å². The zero-order chi connectivity index (χ0) is 6.99. The molecule has 0 amide bonds. The van der Waals surface area contributed by atoms with Gasteiger partial charge in [0.1, 0.15) is 0 Å². The Kier molecular flexibility index (Phi) is 13.6. The maximum absolute atomic E-state index is 5.03. The lowest BCUT2D eigenvalue weighted by atomic mass is 10.5. The van der Waals surface area contributed by atoms with Crippen LogP contribution >= 0.6 is 0 Å². The van der Waals surface area contributed by atoms with Crippen LogP contribution in [0.15, 0.2) is 0 Å². The van der Waals surface area contributed by atoms with Crippen LogP contribution in [0.5, 0.6) is 0 Å². The van der Waals surface area contributed by atoms with Gasteiger partial charge in [0.05, 0.1) is 0 Å². The van der Waals surface area contributed by atoms with Gasteiger partial charge in [-0.3, -0.25) is 0 Å². The Hall–Kier alpha value is -0.0800. The van der Waals surface area contributed by atoms with Crippen LogP contribution in [0, 0.1) is 0 Å². The highest BCUT2D eigenvalue weighted by atomic mass is 15.0. The fourth-order valence-electron chi connectivity index (χ4n) is 0. The van der Waals surface area contributed by atoms with E-state index in [1.807, 2.05) is 26.0 Å². The van der Waals surface area contributed by atoms with Crippen molar-refractivity contribution in [3.05, 3.63) is 0 Å². The van der Waals surface area contributed by atoms with Crippen molar-refractivity contribution >= 4 is 0 Å². The lowest BCUT2D eigenvalue weighted by Gasteiger charge is -1.90. The fourth-order valence-corrected chi connectivity index (χ4v) is 0. The summed E-state index contributed by atoms with van der Waals surface area (Å²) in [6.07, 6.45) is 1.10. The Morgan fingerprint density at radius 3 is 1.38 bits per heavy atom. The molecule has 2 nitrogen and oxygen atoms in total. The molecule has 0 aromatic heterocycles. The fraction of sp³-hybridized carbons (Fsp3) is 1.00. The molecular weight excluding hydrogens is 100 g/mol. The highest BCUT2D eigenvalue weighted by molar-refractivity contribution is 4.19. The number of nitrogens with two attached hydrogens (primary N) is 1. The van der Waals surface area contributed by atoms with E-state index in [1.54, 1.807) is 0 Å². The highest BCUT2D eigenvalue weighted by Crippen LogP contribution is 1.57. The third-order valence-electron chi connectivity index (χ3n) is 0.289. The lowest BCUT2D eigenvalue weighted by molar-refractivity contribution is 0.505. The molecule has 0 aromatic rings.